The lowest BCUT2D eigenvalue weighted by Crippen LogP contribution is -2.07. The van der Waals surface area contributed by atoms with Crippen molar-refractivity contribution in [1.82, 2.24) is 9.55 Å². The van der Waals surface area contributed by atoms with Crippen molar-refractivity contribution in [2.45, 2.75) is 33.2 Å². The van der Waals surface area contributed by atoms with Gasteiger partial charge >= 0.3 is 0 Å². The summed E-state index contributed by atoms with van der Waals surface area (Å²) in [5, 5.41) is 0. The Kier molecular flexibility index (Phi) is 2.52. The third-order valence-corrected chi connectivity index (χ3v) is 2.16. The number of imidazole rings is 1. The molecule has 1 heterocycles. The molecular weight excluding hydrogens is 150 g/mol. The smallest absolute Gasteiger partial charge is 0.111 e. The van der Waals surface area contributed by atoms with Crippen LogP contribution < -0.4 is 5.73 Å². The molecule has 0 fully saturated rings. The lowest BCUT2D eigenvalue weighted by Gasteiger charge is -2.06. The lowest BCUT2D eigenvalue weighted by molar-refractivity contribution is 0.688. The Morgan fingerprint density at radius 2 is 2.08 bits per heavy atom. The molecule has 12 heavy (non-hydrogen) atoms. The van der Waals surface area contributed by atoms with Crippen molar-refractivity contribution in [3.63, 3.8) is 0 Å². The summed E-state index contributed by atoms with van der Waals surface area (Å²) in [4.78, 5) is 4.46. The van der Waals surface area contributed by atoms with Crippen LogP contribution in [0.5, 0.6) is 0 Å². The predicted octanol–water partition coefficient (Wildman–Crippen LogP) is 1.31. The summed E-state index contributed by atoms with van der Waals surface area (Å²) in [5.74, 6) is 1.59. The van der Waals surface area contributed by atoms with Gasteiger partial charge in [-0.2, -0.15) is 0 Å². The minimum Gasteiger partial charge on any atom is -0.334 e. The minimum absolute atomic E-state index is 0.467. The molecule has 0 bridgehead atoms. The molecule has 0 aliphatic heterocycles. The first-order valence-electron chi connectivity index (χ1n) is 4.30. The van der Waals surface area contributed by atoms with E-state index in [2.05, 4.69) is 23.4 Å². The first-order chi connectivity index (χ1) is 5.57. The Labute approximate surface area is 73.6 Å². The van der Waals surface area contributed by atoms with E-state index in [0.29, 0.717) is 12.5 Å². The first-order valence-corrected chi connectivity index (χ1v) is 4.30. The zero-order valence-corrected chi connectivity index (χ0v) is 8.26. The summed E-state index contributed by atoms with van der Waals surface area (Å²) in [7, 11) is 2.03. The van der Waals surface area contributed by atoms with Gasteiger partial charge in [-0.05, 0) is 6.92 Å². The number of rotatable bonds is 2. The molecule has 1 rings (SSSR count). The van der Waals surface area contributed by atoms with E-state index in [1.54, 1.807) is 0 Å². The molecule has 1 aromatic heterocycles. The molecule has 0 aromatic carbocycles. The number of hydrogen-bond donors (Lipinski definition) is 1. The van der Waals surface area contributed by atoms with Gasteiger partial charge in [-0.1, -0.05) is 13.8 Å². The van der Waals surface area contributed by atoms with Gasteiger partial charge < -0.3 is 10.3 Å². The summed E-state index contributed by atoms with van der Waals surface area (Å²) in [6.07, 6.45) is 0. The molecule has 0 aliphatic carbocycles. The number of nitrogens with zero attached hydrogens (tertiary/aromatic N) is 2. The number of hydrogen-bond acceptors (Lipinski definition) is 2. The topological polar surface area (TPSA) is 43.8 Å². The van der Waals surface area contributed by atoms with Crippen LogP contribution in [0.4, 0.5) is 0 Å². The second-order valence-corrected chi connectivity index (χ2v) is 3.42. The van der Waals surface area contributed by atoms with Gasteiger partial charge in [0, 0.05) is 19.5 Å². The molecule has 0 amide bonds. The number of nitrogens with two attached hydrogens (primary N) is 1. The average molecular weight is 167 g/mol. The standard InChI is InChI=1S/C9H17N3/c1-6(2)9-11-7(3)8(5-10)12(9)4/h6H,5,10H2,1-4H3. The molecule has 3 nitrogen and oxygen atoms in total. The van der Waals surface area contributed by atoms with Gasteiger partial charge in [0.1, 0.15) is 5.82 Å². The van der Waals surface area contributed by atoms with E-state index in [0.717, 1.165) is 17.2 Å². The van der Waals surface area contributed by atoms with Crippen molar-refractivity contribution < 1.29 is 0 Å². The van der Waals surface area contributed by atoms with Crippen LogP contribution in [0.25, 0.3) is 0 Å². The molecule has 0 unspecified atom stereocenters. The van der Waals surface area contributed by atoms with Crippen molar-refractivity contribution in [1.29, 1.82) is 0 Å². The van der Waals surface area contributed by atoms with E-state index in [4.69, 9.17) is 5.73 Å². The van der Waals surface area contributed by atoms with Gasteiger partial charge in [0.25, 0.3) is 0 Å². The van der Waals surface area contributed by atoms with Crippen LogP contribution in [0, 0.1) is 6.92 Å². The van der Waals surface area contributed by atoms with E-state index < -0.39 is 0 Å². The average Bonchev–Trinajstić information content (AvgIpc) is 2.27. The Hall–Kier alpha value is -0.830. The minimum atomic E-state index is 0.467. The van der Waals surface area contributed by atoms with Crippen LogP contribution in [0.3, 0.4) is 0 Å². The van der Waals surface area contributed by atoms with E-state index >= 15 is 0 Å². The summed E-state index contributed by atoms with van der Waals surface area (Å²) >= 11 is 0. The van der Waals surface area contributed by atoms with Crippen molar-refractivity contribution in [2.24, 2.45) is 12.8 Å². The van der Waals surface area contributed by atoms with Crippen LogP contribution in [0.1, 0.15) is 37.0 Å². The summed E-state index contributed by atoms with van der Waals surface area (Å²) in [6, 6.07) is 0. The van der Waals surface area contributed by atoms with Gasteiger partial charge in [0.05, 0.1) is 11.4 Å². The number of aryl methyl sites for hydroxylation is 1. The van der Waals surface area contributed by atoms with E-state index in [-0.39, 0.29) is 0 Å². The predicted molar refractivity (Wildman–Crippen MR) is 49.9 cm³/mol. The van der Waals surface area contributed by atoms with Crippen LogP contribution in [-0.2, 0) is 13.6 Å². The second kappa shape index (κ2) is 3.27. The Morgan fingerprint density at radius 3 is 2.33 bits per heavy atom. The third kappa shape index (κ3) is 1.37. The summed E-state index contributed by atoms with van der Waals surface area (Å²) in [5.41, 5.74) is 7.80. The van der Waals surface area contributed by atoms with Crippen molar-refractivity contribution in [3.05, 3.63) is 17.2 Å². The highest BCUT2D eigenvalue weighted by molar-refractivity contribution is 5.16. The van der Waals surface area contributed by atoms with Gasteiger partial charge in [-0.25, -0.2) is 4.98 Å². The fourth-order valence-corrected chi connectivity index (χ4v) is 1.49. The van der Waals surface area contributed by atoms with E-state index in [1.165, 1.54) is 0 Å². The maximum absolute atomic E-state index is 5.60. The monoisotopic (exact) mass is 167 g/mol. The Bertz CT molecular complexity index is 274. The van der Waals surface area contributed by atoms with Crippen molar-refractivity contribution in [2.75, 3.05) is 0 Å². The molecule has 0 aliphatic rings. The third-order valence-electron chi connectivity index (χ3n) is 2.16. The van der Waals surface area contributed by atoms with Crippen LogP contribution in [0.15, 0.2) is 0 Å². The molecule has 68 valence electrons. The Balaban J connectivity index is 3.17. The van der Waals surface area contributed by atoms with Crippen molar-refractivity contribution in [3.8, 4) is 0 Å². The fourth-order valence-electron chi connectivity index (χ4n) is 1.49. The normalized spacial score (nSPS) is 11.2. The highest BCUT2D eigenvalue weighted by Gasteiger charge is 2.11. The van der Waals surface area contributed by atoms with E-state index in [1.807, 2.05) is 14.0 Å². The maximum Gasteiger partial charge on any atom is 0.111 e. The molecule has 0 radical (unpaired) electrons. The molecular formula is C9H17N3. The van der Waals surface area contributed by atoms with Crippen molar-refractivity contribution >= 4 is 0 Å². The molecule has 0 atom stereocenters. The summed E-state index contributed by atoms with van der Waals surface area (Å²) < 4.78 is 2.10. The maximum atomic E-state index is 5.60. The fraction of sp³-hybridized carbons (Fsp3) is 0.667. The molecule has 2 N–H and O–H groups in total. The van der Waals surface area contributed by atoms with Crippen LogP contribution >= 0.6 is 0 Å². The summed E-state index contributed by atoms with van der Waals surface area (Å²) in [6.45, 7) is 6.86. The van der Waals surface area contributed by atoms with Crippen LogP contribution in [-0.4, -0.2) is 9.55 Å². The Morgan fingerprint density at radius 1 is 1.50 bits per heavy atom. The van der Waals surface area contributed by atoms with Gasteiger partial charge in [-0.15, -0.1) is 0 Å². The lowest BCUT2D eigenvalue weighted by atomic mass is 10.2. The number of aromatic nitrogens is 2. The quantitative estimate of drug-likeness (QED) is 0.721. The molecule has 0 spiro atoms. The first kappa shape index (κ1) is 9.26. The zero-order chi connectivity index (χ0) is 9.30. The highest BCUT2D eigenvalue weighted by Crippen LogP contribution is 2.16. The molecule has 0 saturated heterocycles. The zero-order valence-electron chi connectivity index (χ0n) is 8.26. The SMILES string of the molecule is Cc1nc(C(C)C)n(C)c1CN. The van der Waals surface area contributed by atoms with Gasteiger partial charge in [0.15, 0.2) is 0 Å². The molecule has 3 heteroatoms. The highest BCUT2D eigenvalue weighted by atomic mass is 15.1. The van der Waals surface area contributed by atoms with Crippen LogP contribution in [0.2, 0.25) is 0 Å². The van der Waals surface area contributed by atoms with Gasteiger partial charge in [0.2, 0.25) is 0 Å². The van der Waals surface area contributed by atoms with E-state index in [9.17, 15) is 0 Å². The largest absolute Gasteiger partial charge is 0.334 e. The molecule has 0 saturated carbocycles. The van der Waals surface area contributed by atoms with Gasteiger partial charge in [-0.3, -0.25) is 0 Å². The second-order valence-electron chi connectivity index (χ2n) is 3.42. The molecule has 1 aromatic rings.